The van der Waals surface area contributed by atoms with Gasteiger partial charge in [0.1, 0.15) is 16.5 Å². The van der Waals surface area contributed by atoms with Gasteiger partial charge in [-0.2, -0.15) is 4.31 Å². The van der Waals surface area contributed by atoms with Crippen LogP contribution in [0.3, 0.4) is 0 Å². The van der Waals surface area contributed by atoms with E-state index in [4.69, 9.17) is 0 Å². The number of hydrogen-bond acceptors (Lipinski definition) is 2. The van der Waals surface area contributed by atoms with Gasteiger partial charge in [-0.15, -0.1) is 0 Å². The average molecular weight is 437 g/mol. The Hall–Kier alpha value is -2.07. The molecule has 0 aliphatic heterocycles. The topological polar surface area (TPSA) is 37.4 Å². The third-order valence-corrected chi connectivity index (χ3v) is 7.14. The Morgan fingerprint density at radius 2 is 1.41 bits per heavy atom. The van der Waals surface area contributed by atoms with E-state index < -0.39 is 73.5 Å². The van der Waals surface area contributed by atoms with Gasteiger partial charge in [-0.05, 0) is 44.4 Å². The predicted octanol–water partition coefficient (Wildman–Crippen LogP) is 4.88. The zero-order valence-electron chi connectivity index (χ0n) is 15.5. The molecule has 3 nitrogen and oxygen atoms in total. The van der Waals surface area contributed by atoms with E-state index in [1.165, 1.54) is 6.92 Å². The van der Waals surface area contributed by atoms with Crippen molar-refractivity contribution in [3.63, 3.8) is 0 Å². The molecule has 0 N–H and O–H groups in total. The van der Waals surface area contributed by atoms with Crippen LogP contribution in [0.2, 0.25) is 0 Å². The van der Waals surface area contributed by atoms with Crippen molar-refractivity contribution < 1.29 is 34.8 Å². The van der Waals surface area contributed by atoms with E-state index in [1.54, 1.807) is 0 Å². The largest absolute Gasteiger partial charge is 0.247 e. The van der Waals surface area contributed by atoms with Gasteiger partial charge >= 0.3 is 0 Å². The molecule has 0 radical (unpaired) electrons. The number of benzene rings is 2. The standard InChI is InChI=1S/C19H17F6NO2S/c1-9-6-13(20)12(14(21)7-9)8-26(11-4-3-5-11)29(27,28)19-10(2)15(22)16(23)17(24)18(19)25/h6-7,11H,3-5,8H2,1-2H3. The lowest BCUT2D eigenvalue weighted by Gasteiger charge is -2.37. The van der Waals surface area contributed by atoms with E-state index in [-0.39, 0.29) is 5.56 Å². The van der Waals surface area contributed by atoms with Gasteiger partial charge in [-0.25, -0.2) is 34.8 Å². The summed E-state index contributed by atoms with van der Waals surface area (Å²) in [5, 5.41) is 0. The SMILES string of the molecule is Cc1cc(F)c(CN(C2CCC2)S(=O)(=O)c2c(C)c(F)c(F)c(F)c2F)c(F)c1. The lowest BCUT2D eigenvalue weighted by molar-refractivity contribution is 0.209. The van der Waals surface area contributed by atoms with Gasteiger partial charge in [0.2, 0.25) is 10.0 Å². The molecule has 0 aromatic heterocycles. The Kier molecular flexibility index (Phi) is 5.70. The number of rotatable bonds is 5. The zero-order chi connectivity index (χ0) is 21.7. The summed E-state index contributed by atoms with van der Waals surface area (Å²) >= 11 is 0. The number of halogens is 6. The van der Waals surface area contributed by atoms with Gasteiger partial charge in [-0.3, -0.25) is 0 Å². The third kappa shape index (κ3) is 3.63. The fourth-order valence-corrected chi connectivity index (χ4v) is 5.20. The number of hydrogen-bond donors (Lipinski definition) is 0. The van der Waals surface area contributed by atoms with Crippen molar-refractivity contribution >= 4 is 10.0 Å². The first kappa shape index (κ1) is 21.6. The first-order chi connectivity index (χ1) is 13.5. The highest BCUT2D eigenvalue weighted by Gasteiger charge is 2.40. The van der Waals surface area contributed by atoms with Crippen molar-refractivity contribution in [2.45, 2.75) is 50.6 Å². The fourth-order valence-electron chi connectivity index (χ4n) is 3.27. The van der Waals surface area contributed by atoms with Gasteiger partial charge < -0.3 is 0 Å². The second-order valence-electron chi connectivity index (χ2n) is 7.05. The summed E-state index contributed by atoms with van der Waals surface area (Å²) in [5.41, 5.74) is -1.26. The lowest BCUT2D eigenvalue weighted by atomic mass is 9.93. The minimum absolute atomic E-state index is 0.270. The highest BCUT2D eigenvalue weighted by Crippen LogP contribution is 2.36. The molecule has 10 heteroatoms. The molecule has 158 valence electrons. The van der Waals surface area contributed by atoms with Crippen LogP contribution in [-0.4, -0.2) is 18.8 Å². The summed E-state index contributed by atoms with van der Waals surface area (Å²) in [5.74, 6) is -10.3. The Balaban J connectivity index is 2.16. The maximum atomic E-state index is 14.4. The van der Waals surface area contributed by atoms with Gasteiger partial charge in [0.05, 0.1) is 0 Å². The summed E-state index contributed by atoms with van der Waals surface area (Å²) in [7, 11) is -4.95. The molecular formula is C19H17F6NO2S. The van der Waals surface area contributed by atoms with Gasteiger partial charge in [-0.1, -0.05) is 6.42 Å². The summed E-state index contributed by atoms with van der Waals surface area (Å²) in [6.45, 7) is 1.43. The van der Waals surface area contributed by atoms with Gasteiger partial charge in [0, 0.05) is 23.7 Å². The molecule has 1 fully saturated rings. The van der Waals surface area contributed by atoms with Crippen molar-refractivity contribution in [2.75, 3.05) is 0 Å². The predicted molar refractivity (Wildman–Crippen MR) is 92.5 cm³/mol. The molecule has 1 aliphatic carbocycles. The first-order valence-corrected chi connectivity index (χ1v) is 10.2. The number of sulfonamides is 1. The molecule has 0 unspecified atom stereocenters. The molecule has 1 aliphatic rings. The van der Waals surface area contributed by atoms with Crippen molar-refractivity contribution in [1.82, 2.24) is 4.31 Å². The zero-order valence-corrected chi connectivity index (χ0v) is 16.3. The minimum atomic E-state index is -4.95. The van der Waals surface area contributed by atoms with Crippen LogP contribution in [0.1, 0.15) is 36.0 Å². The summed E-state index contributed by atoms with van der Waals surface area (Å²) in [4.78, 5) is -1.38. The Bertz CT molecular complexity index is 1030. The molecule has 2 aromatic carbocycles. The van der Waals surface area contributed by atoms with E-state index in [1.807, 2.05) is 0 Å². The van der Waals surface area contributed by atoms with E-state index in [2.05, 4.69) is 0 Å². The maximum absolute atomic E-state index is 14.4. The normalized spacial score (nSPS) is 15.1. The number of nitrogens with zero attached hydrogens (tertiary/aromatic N) is 1. The van der Waals surface area contributed by atoms with Gasteiger partial charge in [0.25, 0.3) is 0 Å². The number of aryl methyl sites for hydroxylation is 1. The van der Waals surface area contributed by atoms with Crippen LogP contribution in [0.4, 0.5) is 26.3 Å². The Morgan fingerprint density at radius 1 is 0.897 bits per heavy atom. The molecule has 0 atom stereocenters. The van der Waals surface area contributed by atoms with Crippen LogP contribution in [0.25, 0.3) is 0 Å². The van der Waals surface area contributed by atoms with Crippen LogP contribution in [-0.2, 0) is 16.6 Å². The molecule has 0 spiro atoms. The van der Waals surface area contributed by atoms with Crippen molar-refractivity contribution in [3.8, 4) is 0 Å². The molecule has 1 saturated carbocycles. The summed E-state index contributed by atoms with van der Waals surface area (Å²) in [6, 6.07) is 1.27. The second kappa shape index (κ2) is 7.64. The average Bonchev–Trinajstić information content (AvgIpc) is 2.58. The maximum Gasteiger partial charge on any atom is 0.247 e. The van der Waals surface area contributed by atoms with Crippen LogP contribution >= 0.6 is 0 Å². The molecule has 29 heavy (non-hydrogen) atoms. The third-order valence-electron chi connectivity index (χ3n) is 5.10. The highest BCUT2D eigenvalue weighted by molar-refractivity contribution is 7.89. The second-order valence-corrected chi connectivity index (χ2v) is 8.88. The Morgan fingerprint density at radius 3 is 1.90 bits per heavy atom. The van der Waals surface area contributed by atoms with E-state index >= 15 is 0 Å². The van der Waals surface area contributed by atoms with Crippen LogP contribution < -0.4 is 0 Å². The van der Waals surface area contributed by atoms with E-state index in [0.29, 0.717) is 23.6 Å². The fraction of sp³-hybridized carbons (Fsp3) is 0.368. The van der Waals surface area contributed by atoms with Crippen LogP contribution in [0, 0.1) is 48.8 Å². The van der Waals surface area contributed by atoms with Crippen LogP contribution in [0.15, 0.2) is 17.0 Å². The van der Waals surface area contributed by atoms with Gasteiger partial charge in [0.15, 0.2) is 23.3 Å². The lowest BCUT2D eigenvalue weighted by Crippen LogP contribution is -2.44. The molecular weight excluding hydrogens is 420 g/mol. The van der Waals surface area contributed by atoms with E-state index in [9.17, 15) is 34.8 Å². The summed E-state index contributed by atoms with van der Waals surface area (Å²) in [6.07, 6.45) is 1.26. The molecule has 0 saturated heterocycles. The first-order valence-electron chi connectivity index (χ1n) is 8.75. The smallest absolute Gasteiger partial charge is 0.207 e. The van der Waals surface area contributed by atoms with Crippen molar-refractivity contribution in [1.29, 1.82) is 0 Å². The monoisotopic (exact) mass is 437 g/mol. The molecule has 0 heterocycles. The minimum Gasteiger partial charge on any atom is -0.207 e. The summed E-state index contributed by atoms with van der Waals surface area (Å²) < 4.78 is 111. The molecule has 2 aromatic rings. The quantitative estimate of drug-likeness (QED) is 0.380. The van der Waals surface area contributed by atoms with Crippen LogP contribution in [0.5, 0.6) is 0 Å². The highest BCUT2D eigenvalue weighted by atomic mass is 32.2. The molecule has 3 rings (SSSR count). The molecule has 0 bridgehead atoms. The van der Waals surface area contributed by atoms with Crippen molar-refractivity contribution in [2.24, 2.45) is 0 Å². The van der Waals surface area contributed by atoms with Crippen molar-refractivity contribution in [3.05, 3.63) is 63.7 Å². The molecule has 0 amide bonds. The van der Waals surface area contributed by atoms with E-state index in [0.717, 1.165) is 19.1 Å². The Labute approximate surface area is 164 Å².